The van der Waals surface area contributed by atoms with Gasteiger partial charge in [0.05, 0.1) is 29.3 Å². The van der Waals surface area contributed by atoms with Gasteiger partial charge < -0.3 is 25.1 Å². The third-order valence-electron chi connectivity index (χ3n) is 9.82. The zero-order chi connectivity index (χ0) is 35.8. The molecule has 0 bridgehead atoms. The highest BCUT2D eigenvalue weighted by Gasteiger charge is 2.20. The lowest BCUT2D eigenvalue weighted by Crippen LogP contribution is -2.34. The first-order valence-corrected chi connectivity index (χ1v) is 18.0. The lowest BCUT2D eigenvalue weighted by atomic mass is 10.0. The van der Waals surface area contributed by atoms with Gasteiger partial charge in [-0.2, -0.15) is 0 Å². The molecule has 8 aromatic rings. The first kappa shape index (κ1) is 33.7. The second-order valence-corrected chi connectivity index (χ2v) is 14.2. The predicted octanol–water partition coefficient (Wildman–Crippen LogP) is 10.3. The Hall–Kier alpha value is -5.41. The van der Waals surface area contributed by atoms with E-state index in [-0.39, 0.29) is 5.82 Å². The van der Waals surface area contributed by atoms with Crippen molar-refractivity contribution in [1.82, 2.24) is 24.8 Å². The molecule has 0 spiro atoms. The van der Waals surface area contributed by atoms with Gasteiger partial charge in [-0.05, 0) is 112 Å². The highest BCUT2D eigenvalue weighted by Crippen LogP contribution is 2.38. The third-order valence-corrected chi connectivity index (χ3v) is 10.1. The molecule has 0 radical (unpaired) electrons. The Morgan fingerprint density at radius 3 is 2.04 bits per heavy atom. The summed E-state index contributed by atoms with van der Waals surface area (Å²) in [6.07, 6.45) is 5.28. The summed E-state index contributed by atoms with van der Waals surface area (Å²) < 4.78 is 14.4. The molecule has 3 N–H and O–H groups in total. The number of fused-ring (bicyclic) bond motifs is 6. The number of rotatable bonds is 12. The van der Waals surface area contributed by atoms with Crippen LogP contribution in [0, 0.1) is 5.82 Å². The quantitative estimate of drug-likeness (QED) is 0.110. The number of anilines is 4. The van der Waals surface area contributed by atoms with Crippen LogP contribution >= 0.6 is 11.6 Å². The molecular formula is C43H41ClFN7. The molecule has 3 aromatic heterocycles. The summed E-state index contributed by atoms with van der Waals surface area (Å²) in [7, 11) is 6.32. The Balaban J connectivity index is 1.15. The number of para-hydroxylation sites is 2. The van der Waals surface area contributed by atoms with Crippen molar-refractivity contribution in [3.63, 3.8) is 0 Å². The van der Waals surface area contributed by atoms with Crippen molar-refractivity contribution < 1.29 is 4.39 Å². The van der Waals surface area contributed by atoms with Crippen LogP contribution in [0.15, 0.2) is 116 Å². The largest absolute Gasteiger partial charge is 0.354 e. The minimum Gasteiger partial charge on any atom is -0.354 e. The van der Waals surface area contributed by atoms with Crippen molar-refractivity contribution in [2.45, 2.75) is 12.8 Å². The number of benzene rings is 5. The van der Waals surface area contributed by atoms with Crippen LogP contribution in [-0.2, 0) is 12.8 Å². The summed E-state index contributed by atoms with van der Waals surface area (Å²) in [6, 6.07) is 34.4. The first-order valence-electron chi connectivity index (χ1n) is 17.6. The van der Waals surface area contributed by atoms with Gasteiger partial charge in [0, 0.05) is 74.3 Å². The van der Waals surface area contributed by atoms with Gasteiger partial charge in [0.1, 0.15) is 5.82 Å². The summed E-state index contributed by atoms with van der Waals surface area (Å²) in [5.74, 6) is -0.358. The number of hydrogen-bond acceptors (Lipinski definition) is 5. The molecule has 52 heavy (non-hydrogen) atoms. The van der Waals surface area contributed by atoms with Gasteiger partial charge in [-0.25, -0.2) is 4.39 Å². The van der Waals surface area contributed by atoms with Gasteiger partial charge in [-0.1, -0.05) is 48.0 Å². The average Bonchev–Trinajstić information content (AvgIpc) is 3.71. The highest BCUT2D eigenvalue weighted by molar-refractivity contribution is 6.33. The normalized spacial score (nSPS) is 11.9. The lowest BCUT2D eigenvalue weighted by Gasteiger charge is -2.31. The Bertz CT molecular complexity index is 2520. The summed E-state index contributed by atoms with van der Waals surface area (Å²) in [6.45, 7) is 2.21. The van der Waals surface area contributed by atoms with Crippen molar-refractivity contribution in [3.05, 3.63) is 137 Å². The van der Waals surface area contributed by atoms with E-state index in [4.69, 9.17) is 11.6 Å². The van der Waals surface area contributed by atoms with Crippen LogP contribution in [0.1, 0.15) is 11.1 Å². The van der Waals surface area contributed by atoms with Crippen LogP contribution in [0.3, 0.4) is 0 Å². The highest BCUT2D eigenvalue weighted by atomic mass is 35.5. The lowest BCUT2D eigenvalue weighted by molar-refractivity contribution is 0.347. The van der Waals surface area contributed by atoms with Crippen LogP contribution < -0.4 is 10.2 Å². The van der Waals surface area contributed by atoms with Crippen molar-refractivity contribution in [2.24, 2.45) is 0 Å². The molecule has 0 saturated carbocycles. The average molecular weight is 710 g/mol. The second-order valence-electron chi connectivity index (χ2n) is 13.8. The van der Waals surface area contributed by atoms with E-state index < -0.39 is 0 Å². The Morgan fingerprint density at radius 2 is 1.37 bits per heavy atom. The van der Waals surface area contributed by atoms with Gasteiger partial charge in [-0.15, -0.1) is 0 Å². The Morgan fingerprint density at radius 1 is 0.692 bits per heavy atom. The van der Waals surface area contributed by atoms with Crippen molar-refractivity contribution >= 4 is 78.0 Å². The zero-order valence-corrected chi connectivity index (χ0v) is 30.3. The Labute approximate surface area is 307 Å². The monoisotopic (exact) mass is 709 g/mol. The number of nitrogens with zero attached hydrogens (tertiary/aromatic N) is 4. The number of H-pyrrole nitrogens is 2. The molecule has 0 amide bonds. The fourth-order valence-electron chi connectivity index (χ4n) is 7.22. The van der Waals surface area contributed by atoms with Gasteiger partial charge in [-0.3, -0.25) is 9.88 Å². The summed E-state index contributed by atoms with van der Waals surface area (Å²) in [5.41, 5.74) is 10.7. The van der Waals surface area contributed by atoms with Crippen molar-refractivity contribution in [2.75, 3.05) is 51.1 Å². The van der Waals surface area contributed by atoms with Gasteiger partial charge in [0.25, 0.3) is 0 Å². The van der Waals surface area contributed by atoms with E-state index >= 15 is 0 Å². The smallest absolute Gasteiger partial charge is 0.124 e. The molecule has 3 heterocycles. The number of nitrogens with one attached hydrogen (secondary N) is 3. The van der Waals surface area contributed by atoms with E-state index in [0.29, 0.717) is 11.7 Å². The molecule has 9 heteroatoms. The molecule has 7 nitrogen and oxygen atoms in total. The zero-order valence-electron chi connectivity index (χ0n) is 29.5. The minimum atomic E-state index is -0.358. The molecule has 0 aliphatic heterocycles. The van der Waals surface area contributed by atoms with E-state index in [9.17, 15) is 4.39 Å². The molecule has 8 rings (SSSR count). The van der Waals surface area contributed by atoms with Gasteiger partial charge >= 0.3 is 0 Å². The van der Waals surface area contributed by atoms with Crippen molar-refractivity contribution in [1.29, 1.82) is 0 Å². The van der Waals surface area contributed by atoms with Crippen LogP contribution in [0.2, 0.25) is 5.02 Å². The number of likely N-dealkylation sites (N-methyl/N-ethyl adjacent to an activating group) is 2. The minimum absolute atomic E-state index is 0.358. The molecule has 0 aliphatic rings. The summed E-state index contributed by atoms with van der Waals surface area (Å²) in [4.78, 5) is 18.4. The van der Waals surface area contributed by atoms with E-state index in [0.717, 1.165) is 76.1 Å². The number of aromatic nitrogens is 3. The fraction of sp³-hybridized carbons (Fsp3) is 0.186. The SMILES string of the molecule is CN(C)CCc1cc(N(CN(C)CCc2cc(Nc3cccnc3)cc3c2[nH]c2ccccc23)c2ccc(F)cc2Cl)cc2c1[nH]c1ccccc12. The molecule has 0 saturated heterocycles. The van der Waals surface area contributed by atoms with Crippen LogP contribution in [0.4, 0.5) is 27.1 Å². The van der Waals surface area contributed by atoms with Crippen LogP contribution in [0.5, 0.6) is 0 Å². The topological polar surface area (TPSA) is 66.2 Å². The molecule has 262 valence electrons. The van der Waals surface area contributed by atoms with E-state index in [1.807, 2.05) is 18.3 Å². The first-order chi connectivity index (χ1) is 25.3. The van der Waals surface area contributed by atoms with E-state index in [1.54, 1.807) is 12.3 Å². The second kappa shape index (κ2) is 14.3. The summed E-state index contributed by atoms with van der Waals surface area (Å²) in [5, 5.41) is 8.64. The number of halogens is 2. The molecule has 0 atom stereocenters. The van der Waals surface area contributed by atoms with E-state index in [1.165, 1.54) is 39.4 Å². The maximum Gasteiger partial charge on any atom is 0.124 e. The Kier molecular flexibility index (Phi) is 9.28. The molecule has 0 aliphatic carbocycles. The third kappa shape index (κ3) is 6.80. The molecule has 0 fully saturated rings. The maximum absolute atomic E-state index is 14.4. The van der Waals surface area contributed by atoms with E-state index in [2.05, 4.69) is 129 Å². The molecular weight excluding hydrogens is 669 g/mol. The van der Waals surface area contributed by atoms with Crippen LogP contribution in [-0.4, -0.2) is 65.7 Å². The standard InChI is InChI=1S/C43H41ClFN7/c1-50(2)19-16-29-22-33(25-37-35-11-5-7-13-40(35)49-43(29)37)52(41-15-14-30(45)23-38(41)44)27-51(3)20-17-28-21-32(47-31-9-8-18-46-26-31)24-36-34-10-4-6-12-39(34)48-42(28)36/h4-15,18,21-26,47-49H,16-17,19-20,27H2,1-3H3. The maximum atomic E-state index is 14.4. The number of aromatic amines is 2. The fourth-order valence-corrected chi connectivity index (χ4v) is 7.49. The molecule has 5 aromatic carbocycles. The summed E-state index contributed by atoms with van der Waals surface area (Å²) >= 11 is 6.82. The van der Waals surface area contributed by atoms with Crippen LogP contribution in [0.25, 0.3) is 43.6 Å². The predicted molar refractivity (Wildman–Crippen MR) is 216 cm³/mol. The van der Waals surface area contributed by atoms with Gasteiger partial charge in [0.15, 0.2) is 0 Å². The molecule has 0 unspecified atom stereocenters. The number of hydrogen-bond donors (Lipinski definition) is 3. The van der Waals surface area contributed by atoms with Crippen molar-refractivity contribution in [3.8, 4) is 0 Å². The number of pyridine rings is 1. The van der Waals surface area contributed by atoms with Gasteiger partial charge in [0.2, 0.25) is 0 Å².